The van der Waals surface area contributed by atoms with Crippen LogP contribution in [0.2, 0.25) is 0 Å². The largest absolute Gasteiger partial charge is 0.497 e. The van der Waals surface area contributed by atoms with E-state index in [-0.39, 0.29) is 18.0 Å². The molecule has 0 radical (unpaired) electrons. The third-order valence-electron chi connectivity index (χ3n) is 6.50. The van der Waals surface area contributed by atoms with Crippen molar-refractivity contribution in [1.82, 2.24) is 9.97 Å². The highest BCUT2D eigenvalue weighted by Crippen LogP contribution is 2.29. The average Bonchev–Trinajstić information content (AvgIpc) is 2.98. The summed E-state index contributed by atoms with van der Waals surface area (Å²) in [7, 11) is 1.63. The van der Waals surface area contributed by atoms with E-state index in [9.17, 15) is 9.18 Å². The monoisotopic (exact) mass is 520 g/mol. The summed E-state index contributed by atoms with van der Waals surface area (Å²) in [5.41, 5.74) is 3.04. The number of methoxy groups -OCH3 is 1. The van der Waals surface area contributed by atoms with E-state index in [1.807, 2.05) is 66.7 Å². The molecule has 0 unspecified atom stereocenters. The normalized spacial score (nSPS) is 10.8. The van der Waals surface area contributed by atoms with Crippen LogP contribution >= 0.6 is 0 Å². The minimum absolute atomic E-state index is 0.166. The highest BCUT2D eigenvalue weighted by Gasteiger charge is 2.18. The highest BCUT2D eigenvalue weighted by molar-refractivity contribution is 5.93. The Morgan fingerprint density at radius 3 is 2.33 bits per heavy atom. The van der Waals surface area contributed by atoms with Crippen molar-refractivity contribution in [3.63, 3.8) is 0 Å². The average molecular weight is 521 g/mol. The Labute approximate surface area is 227 Å². The summed E-state index contributed by atoms with van der Waals surface area (Å²) in [5.74, 6) is 1.37. The number of anilines is 2. The first-order chi connectivity index (χ1) is 19.1. The summed E-state index contributed by atoms with van der Waals surface area (Å²) >= 11 is 0. The van der Waals surface area contributed by atoms with Gasteiger partial charge in [0.15, 0.2) is 5.82 Å². The highest BCUT2D eigenvalue weighted by atomic mass is 19.1. The minimum atomic E-state index is -0.460. The predicted octanol–water partition coefficient (Wildman–Crippen LogP) is 6.52. The molecule has 0 spiro atoms. The van der Waals surface area contributed by atoms with Gasteiger partial charge in [-0.15, -0.1) is 0 Å². The number of para-hydroxylation sites is 2. The molecule has 1 N–H and O–H groups in total. The van der Waals surface area contributed by atoms with Crippen molar-refractivity contribution in [2.75, 3.05) is 30.4 Å². The van der Waals surface area contributed by atoms with Crippen molar-refractivity contribution in [2.45, 2.75) is 12.8 Å². The van der Waals surface area contributed by atoms with Crippen LogP contribution in [0.15, 0.2) is 103 Å². The van der Waals surface area contributed by atoms with Crippen molar-refractivity contribution in [3.05, 3.63) is 115 Å². The lowest BCUT2D eigenvalue weighted by atomic mass is 10.1. The fourth-order valence-electron chi connectivity index (χ4n) is 4.41. The molecule has 6 nitrogen and oxygen atoms in total. The Morgan fingerprint density at radius 2 is 1.56 bits per heavy atom. The first kappa shape index (κ1) is 25.9. The van der Waals surface area contributed by atoms with E-state index in [1.54, 1.807) is 25.3 Å². The van der Waals surface area contributed by atoms with Crippen molar-refractivity contribution in [2.24, 2.45) is 0 Å². The molecule has 0 fully saturated rings. The van der Waals surface area contributed by atoms with Crippen LogP contribution in [0.4, 0.5) is 15.9 Å². The van der Waals surface area contributed by atoms with Crippen LogP contribution in [0.25, 0.3) is 22.3 Å². The zero-order valence-electron chi connectivity index (χ0n) is 21.7. The van der Waals surface area contributed by atoms with Crippen molar-refractivity contribution in [1.29, 1.82) is 0 Å². The number of carbonyl (C=O) groups is 1. The summed E-state index contributed by atoms with van der Waals surface area (Å²) < 4.78 is 19.4. The molecular formula is C32H29FN4O2. The van der Waals surface area contributed by atoms with E-state index in [1.165, 1.54) is 11.6 Å². The molecule has 1 aromatic heterocycles. The number of amides is 1. The van der Waals surface area contributed by atoms with Crippen molar-refractivity contribution < 1.29 is 13.9 Å². The second-order valence-corrected chi connectivity index (χ2v) is 9.12. The number of ether oxygens (including phenoxy) is 1. The number of aromatic nitrogens is 2. The lowest BCUT2D eigenvalue weighted by molar-refractivity contribution is -0.116. The van der Waals surface area contributed by atoms with E-state index >= 15 is 0 Å². The molecule has 0 aliphatic rings. The number of nitrogens with one attached hydrogen (secondary N) is 1. The SMILES string of the molecule is COc1ccc(-c2nc(N(CCC(=O)Nc3ccccc3F)CCc3ccccc3)c3ccccc3n2)cc1. The van der Waals surface area contributed by atoms with E-state index in [4.69, 9.17) is 14.7 Å². The van der Waals surface area contributed by atoms with Gasteiger partial charge >= 0.3 is 0 Å². The van der Waals surface area contributed by atoms with Gasteiger partial charge in [0, 0.05) is 30.5 Å². The maximum absolute atomic E-state index is 14.1. The molecular weight excluding hydrogens is 491 g/mol. The Hall–Kier alpha value is -4.78. The number of hydrogen-bond donors (Lipinski definition) is 1. The number of hydrogen-bond acceptors (Lipinski definition) is 5. The van der Waals surface area contributed by atoms with Crippen molar-refractivity contribution >= 4 is 28.3 Å². The summed E-state index contributed by atoms with van der Waals surface area (Å²) in [4.78, 5) is 24.8. The van der Waals surface area contributed by atoms with E-state index in [2.05, 4.69) is 22.3 Å². The molecule has 196 valence electrons. The standard InChI is InChI=1S/C32H29FN4O2/c1-39-25-17-15-24(16-18-25)31-35-28-13-7-5-11-26(28)32(36-31)37(21-19-23-9-3-2-4-10-23)22-20-30(38)34-29-14-8-6-12-27(29)33/h2-18H,19-22H2,1H3,(H,34,38). The minimum Gasteiger partial charge on any atom is -0.497 e. The molecule has 4 aromatic carbocycles. The number of fused-ring (bicyclic) bond motifs is 1. The number of halogens is 1. The second kappa shape index (κ2) is 12.2. The van der Waals surface area contributed by atoms with E-state index in [0.717, 1.165) is 34.5 Å². The van der Waals surface area contributed by atoms with Gasteiger partial charge in [0.1, 0.15) is 17.4 Å². The first-order valence-electron chi connectivity index (χ1n) is 12.8. The Balaban J connectivity index is 1.47. The Bertz CT molecular complexity index is 1560. The second-order valence-electron chi connectivity index (χ2n) is 9.12. The van der Waals surface area contributed by atoms with Crippen molar-refractivity contribution in [3.8, 4) is 17.1 Å². The number of rotatable bonds is 10. The van der Waals surface area contributed by atoms with Gasteiger partial charge in [0.2, 0.25) is 5.91 Å². The first-order valence-corrected chi connectivity index (χ1v) is 12.8. The van der Waals surface area contributed by atoms with Crippen LogP contribution in [0.5, 0.6) is 5.75 Å². The summed E-state index contributed by atoms with van der Waals surface area (Å²) in [6.07, 6.45) is 0.936. The lowest BCUT2D eigenvalue weighted by Crippen LogP contribution is -2.31. The van der Waals surface area contributed by atoms with Crippen LogP contribution in [0.1, 0.15) is 12.0 Å². The predicted molar refractivity (Wildman–Crippen MR) is 154 cm³/mol. The van der Waals surface area contributed by atoms with Crippen LogP contribution in [0, 0.1) is 5.82 Å². The zero-order valence-corrected chi connectivity index (χ0v) is 21.7. The molecule has 0 aliphatic carbocycles. The fraction of sp³-hybridized carbons (Fsp3) is 0.156. The van der Waals surface area contributed by atoms with Crippen LogP contribution < -0.4 is 15.0 Å². The van der Waals surface area contributed by atoms with Gasteiger partial charge < -0.3 is 15.0 Å². The van der Waals surface area contributed by atoms with E-state index in [0.29, 0.717) is 18.9 Å². The number of benzene rings is 4. The van der Waals surface area contributed by atoms with Gasteiger partial charge in [-0.3, -0.25) is 4.79 Å². The fourth-order valence-corrected chi connectivity index (χ4v) is 4.41. The molecule has 39 heavy (non-hydrogen) atoms. The molecule has 1 heterocycles. The number of carbonyl (C=O) groups excluding carboxylic acids is 1. The summed E-state index contributed by atoms with van der Waals surface area (Å²) in [6.45, 7) is 1.04. The van der Waals surface area contributed by atoms with Crippen LogP contribution in [-0.4, -0.2) is 36.1 Å². The smallest absolute Gasteiger partial charge is 0.226 e. The number of nitrogens with zero attached hydrogens (tertiary/aromatic N) is 3. The van der Waals surface area contributed by atoms with Crippen LogP contribution in [0.3, 0.4) is 0 Å². The van der Waals surface area contributed by atoms with Gasteiger partial charge in [-0.1, -0.05) is 54.6 Å². The van der Waals surface area contributed by atoms with Gasteiger partial charge in [-0.25, -0.2) is 14.4 Å². The molecule has 0 atom stereocenters. The van der Waals surface area contributed by atoms with Gasteiger partial charge in [0.25, 0.3) is 0 Å². The maximum atomic E-state index is 14.1. The third kappa shape index (κ3) is 6.38. The third-order valence-corrected chi connectivity index (χ3v) is 6.50. The quantitative estimate of drug-likeness (QED) is 0.227. The van der Waals surface area contributed by atoms with Crippen LogP contribution in [-0.2, 0) is 11.2 Å². The topological polar surface area (TPSA) is 67.3 Å². The summed E-state index contributed by atoms with van der Waals surface area (Å²) in [5, 5.41) is 3.59. The molecule has 0 saturated carbocycles. The maximum Gasteiger partial charge on any atom is 0.226 e. The Kier molecular flexibility index (Phi) is 8.07. The summed E-state index contributed by atoms with van der Waals surface area (Å²) in [6, 6.07) is 31.9. The van der Waals surface area contributed by atoms with Gasteiger partial charge in [-0.2, -0.15) is 0 Å². The lowest BCUT2D eigenvalue weighted by Gasteiger charge is -2.25. The van der Waals surface area contributed by atoms with Gasteiger partial charge in [0.05, 0.1) is 18.3 Å². The molecule has 1 amide bonds. The molecule has 0 bridgehead atoms. The Morgan fingerprint density at radius 1 is 0.846 bits per heavy atom. The molecule has 0 aliphatic heterocycles. The molecule has 0 saturated heterocycles. The zero-order chi connectivity index (χ0) is 27.0. The van der Waals surface area contributed by atoms with E-state index < -0.39 is 5.82 Å². The van der Waals surface area contributed by atoms with Gasteiger partial charge in [-0.05, 0) is 60.5 Å². The molecule has 7 heteroatoms. The molecule has 5 rings (SSSR count). The molecule has 5 aromatic rings.